The largest absolute Gasteiger partial charge is 0.343 e. The van der Waals surface area contributed by atoms with Gasteiger partial charge in [-0.2, -0.15) is 5.10 Å². The van der Waals surface area contributed by atoms with Crippen molar-refractivity contribution >= 4 is 29.6 Å². The number of hydrogen-bond donors (Lipinski definition) is 0. The van der Waals surface area contributed by atoms with Crippen LogP contribution in [0.15, 0.2) is 54.6 Å². The summed E-state index contributed by atoms with van der Waals surface area (Å²) in [6.07, 6.45) is -0.737. The van der Waals surface area contributed by atoms with Crippen LogP contribution in [0.25, 0.3) is 17.1 Å². The molecule has 0 aliphatic carbocycles. The van der Waals surface area contributed by atoms with Gasteiger partial charge in [-0.3, -0.25) is 9.36 Å². The quantitative estimate of drug-likeness (QED) is 0.608. The normalized spacial score (nSPS) is 23.9. The number of Topliss-reactive ketones (excluding diaryl/α,β-unsaturated/α-hetero) is 1. The number of para-hydroxylation sites is 1. The summed E-state index contributed by atoms with van der Waals surface area (Å²) in [6.45, 7) is 0.350. The van der Waals surface area contributed by atoms with E-state index in [1.807, 2.05) is 59.2 Å². The van der Waals surface area contributed by atoms with Gasteiger partial charge in [-0.15, -0.1) is 0 Å². The molecule has 5 rings (SSSR count). The first-order valence-corrected chi connectivity index (χ1v) is 9.74. The molecule has 0 saturated carbocycles. The number of rotatable bonds is 3. The van der Waals surface area contributed by atoms with E-state index in [-0.39, 0.29) is 24.3 Å². The molecule has 2 saturated heterocycles. The van der Waals surface area contributed by atoms with Gasteiger partial charge in [0.2, 0.25) is 11.1 Å². The smallest absolute Gasteiger partial charge is 0.218 e. The molecule has 2 aromatic carbocycles. The van der Waals surface area contributed by atoms with Crippen molar-refractivity contribution in [2.75, 3.05) is 6.61 Å². The topological polar surface area (TPSA) is 58.3 Å². The minimum Gasteiger partial charge on any atom is -0.343 e. The number of hydrogen-bond acceptors (Lipinski definition) is 5. The van der Waals surface area contributed by atoms with Gasteiger partial charge in [-0.05, 0) is 36.5 Å². The molecule has 3 aromatic rings. The molecule has 2 fully saturated rings. The summed E-state index contributed by atoms with van der Waals surface area (Å²) in [5.74, 6) is 0.532. The fraction of sp³-hybridized carbons (Fsp3) is 0.250. The van der Waals surface area contributed by atoms with Crippen LogP contribution in [0.4, 0.5) is 0 Å². The highest BCUT2D eigenvalue weighted by molar-refractivity contribution is 7.71. The highest BCUT2D eigenvalue weighted by atomic mass is 35.5. The summed E-state index contributed by atoms with van der Waals surface area (Å²) in [4.78, 5) is 12.3. The lowest BCUT2D eigenvalue weighted by Gasteiger charge is -2.26. The van der Waals surface area contributed by atoms with Crippen molar-refractivity contribution in [2.45, 2.75) is 24.9 Å². The van der Waals surface area contributed by atoms with Gasteiger partial charge in [0.15, 0.2) is 11.6 Å². The van der Waals surface area contributed by atoms with Gasteiger partial charge in [0, 0.05) is 17.7 Å². The predicted molar refractivity (Wildman–Crippen MR) is 106 cm³/mol. The first-order valence-electron chi connectivity index (χ1n) is 8.95. The Morgan fingerprint density at radius 1 is 1.11 bits per heavy atom. The maximum absolute atomic E-state index is 12.3. The molecular weight excluding hydrogens is 398 g/mol. The van der Waals surface area contributed by atoms with Gasteiger partial charge >= 0.3 is 0 Å². The van der Waals surface area contributed by atoms with E-state index in [1.54, 1.807) is 4.68 Å². The number of halogens is 1. The number of ether oxygens (including phenoxy) is 2. The van der Waals surface area contributed by atoms with Gasteiger partial charge in [0.25, 0.3) is 0 Å². The Balaban J connectivity index is 1.71. The number of aromatic nitrogens is 3. The van der Waals surface area contributed by atoms with E-state index in [0.717, 1.165) is 11.3 Å². The van der Waals surface area contributed by atoms with Crippen LogP contribution in [0, 0.1) is 4.77 Å². The Kier molecular flexibility index (Phi) is 4.40. The number of carbonyl (C=O) groups excluding carboxylic acids is 1. The van der Waals surface area contributed by atoms with E-state index in [1.165, 1.54) is 0 Å². The van der Waals surface area contributed by atoms with Crippen LogP contribution in [-0.2, 0) is 14.3 Å². The first-order chi connectivity index (χ1) is 13.6. The van der Waals surface area contributed by atoms with Crippen molar-refractivity contribution in [1.82, 2.24) is 14.3 Å². The van der Waals surface area contributed by atoms with Crippen LogP contribution in [0.5, 0.6) is 0 Å². The lowest BCUT2D eigenvalue weighted by Crippen LogP contribution is -2.37. The summed E-state index contributed by atoms with van der Waals surface area (Å²) < 4.78 is 15.2. The average molecular weight is 414 g/mol. The Morgan fingerprint density at radius 2 is 1.86 bits per heavy atom. The predicted octanol–water partition coefficient (Wildman–Crippen LogP) is 3.98. The second-order valence-electron chi connectivity index (χ2n) is 6.78. The summed E-state index contributed by atoms with van der Waals surface area (Å²) in [7, 11) is 0. The molecule has 1 aromatic heterocycles. The van der Waals surface area contributed by atoms with Crippen molar-refractivity contribution in [3.63, 3.8) is 0 Å². The van der Waals surface area contributed by atoms with Crippen molar-refractivity contribution in [2.24, 2.45) is 0 Å². The maximum atomic E-state index is 12.3. The molecule has 0 unspecified atom stereocenters. The van der Waals surface area contributed by atoms with Crippen molar-refractivity contribution in [3.8, 4) is 17.1 Å². The highest BCUT2D eigenvalue weighted by Gasteiger charge is 2.45. The number of carbonyl (C=O) groups is 1. The molecule has 3 atom stereocenters. The van der Waals surface area contributed by atoms with Crippen LogP contribution in [0.3, 0.4) is 0 Å². The minimum absolute atomic E-state index is 0.0887. The first kappa shape index (κ1) is 17.8. The zero-order chi connectivity index (χ0) is 19.3. The third-order valence-electron chi connectivity index (χ3n) is 5.06. The Hall–Kier alpha value is -2.32. The molecular formula is C20H16ClN3O3S. The molecule has 0 amide bonds. The highest BCUT2D eigenvalue weighted by Crippen LogP contribution is 2.35. The van der Waals surface area contributed by atoms with Gasteiger partial charge in [-0.1, -0.05) is 41.9 Å². The zero-order valence-corrected chi connectivity index (χ0v) is 16.3. The summed E-state index contributed by atoms with van der Waals surface area (Å²) in [5.41, 5.74) is 1.64. The summed E-state index contributed by atoms with van der Waals surface area (Å²) in [6, 6.07) is 16.9. The third-order valence-corrected chi connectivity index (χ3v) is 5.76. The Morgan fingerprint density at radius 3 is 2.64 bits per heavy atom. The molecule has 8 heteroatoms. The van der Waals surface area contributed by atoms with E-state index in [4.69, 9.17) is 38.4 Å². The second-order valence-corrected chi connectivity index (χ2v) is 7.55. The standard InChI is InChI=1S/C20H16ClN3O3S/c21-14-9-5-4-8-13(14)18-22-24(15-10-16(25)19-26-11-17(15)27-19)20(28)23(18)12-6-2-1-3-7-12/h1-9,15,17,19H,10-11H2/t15-,17-,19-/m1/s1. The van der Waals surface area contributed by atoms with E-state index in [2.05, 4.69) is 0 Å². The summed E-state index contributed by atoms with van der Waals surface area (Å²) in [5, 5.41) is 5.37. The Bertz CT molecular complexity index is 1110. The van der Waals surface area contributed by atoms with Crippen LogP contribution in [-0.4, -0.2) is 39.1 Å². The molecule has 3 heterocycles. The molecule has 0 N–H and O–H groups in total. The van der Waals surface area contributed by atoms with Crippen LogP contribution in [0.2, 0.25) is 5.02 Å². The SMILES string of the molecule is O=C1C[C@@H](n2nc(-c3ccccc3Cl)n(-c3ccccc3)c2=S)[C@H]2CO[C@@H]1O2. The molecule has 2 aliphatic rings. The number of nitrogens with zero attached hydrogens (tertiary/aromatic N) is 3. The molecule has 2 aliphatic heterocycles. The maximum Gasteiger partial charge on any atom is 0.218 e. The lowest BCUT2D eigenvalue weighted by molar-refractivity contribution is -0.156. The fourth-order valence-electron chi connectivity index (χ4n) is 3.69. The Labute approximate surface area is 171 Å². The van der Waals surface area contributed by atoms with E-state index in [0.29, 0.717) is 22.2 Å². The lowest BCUT2D eigenvalue weighted by atomic mass is 10.0. The van der Waals surface area contributed by atoms with Crippen LogP contribution in [0.1, 0.15) is 12.5 Å². The van der Waals surface area contributed by atoms with Crippen molar-refractivity contribution in [1.29, 1.82) is 0 Å². The molecule has 0 radical (unpaired) electrons. The van der Waals surface area contributed by atoms with Gasteiger partial charge < -0.3 is 9.47 Å². The molecule has 28 heavy (non-hydrogen) atoms. The second kappa shape index (κ2) is 6.93. The van der Waals surface area contributed by atoms with E-state index >= 15 is 0 Å². The van der Waals surface area contributed by atoms with E-state index in [9.17, 15) is 4.79 Å². The van der Waals surface area contributed by atoms with Gasteiger partial charge in [-0.25, -0.2) is 4.68 Å². The molecule has 6 nitrogen and oxygen atoms in total. The third kappa shape index (κ3) is 2.82. The van der Waals surface area contributed by atoms with Crippen LogP contribution >= 0.6 is 23.8 Å². The van der Waals surface area contributed by atoms with Crippen molar-refractivity contribution in [3.05, 3.63) is 64.4 Å². The minimum atomic E-state index is -0.755. The molecule has 0 spiro atoms. The number of benzene rings is 2. The van der Waals surface area contributed by atoms with Crippen molar-refractivity contribution < 1.29 is 14.3 Å². The average Bonchev–Trinajstić information content (AvgIpc) is 3.29. The zero-order valence-electron chi connectivity index (χ0n) is 14.7. The van der Waals surface area contributed by atoms with Gasteiger partial charge in [0.1, 0.15) is 6.10 Å². The fourth-order valence-corrected chi connectivity index (χ4v) is 4.28. The van der Waals surface area contributed by atoms with Gasteiger partial charge in [0.05, 0.1) is 17.7 Å². The van der Waals surface area contributed by atoms with Crippen LogP contribution < -0.4 is 0 Å². The molecule has 2 bridgehead atoms. The molecule has 142 valence electrons. The number of ketones is 1. The van der Waals surface area contributed by atoms with E-state index < -0.39 is 6.29 Å². The number of fused-ring (bicyclic) bond motifs is 2. The summed E-state index contributed by atoms with van der Waals surface area (Å²) >= 11 is 12.2. The monoisotopic (exact) mass is 413 g/mol.